The Morgan fingerprint density at radius 1 is 1.15 bits per heavy atom. The highest BCUT2D eigenvalue weighted by Crippen LogP contribution is 2.33. The predicted molar refractivity (Wildman–Crippen MR) is 92.7 cm³/mol. The van der Waals surface area contributed by atoms with Gasteiger partial charge in [-0.15, -0.1) is 0 Å². The molecular weight excluding hydrogens is 408 g/mol. The maximum Gasteiger partial charge on any atom is 0.142 e. The number of halogens is 3. The standard InChI is InChI=1S/C15H14Cl2INO/c1-19-8-11-6-12(16)7-14(17)15(11)20-9-10-2-4-13(18)5-3-10/h2-7,19H,8-9H2,1H3. The van der Waals surface area contributed by atoms with Crippen molar-refractivity contribution in [1.82, 2.24) is 5.32 Å². The van der Waals surface area contributed by atoms with Crippen molar-refractivity contribution in [1.29, 1.82) is 0 Å². The minimum absolute atomic E-state index is 0.481. The zero-order chi connectivity index (χ0) is 14.5. The van der Waals surface area contributed by atoms with E-state index >= 15 is 0 Å². The molecule has 2 aromatic carbocycles. The van der Waals surface area contributed by atoms with E-state index in [1.807, 2.05) is 25.2 Å². The number of rotatable bonds is 5. The Bertz CT molecular complexity index is 587. The molecule has 5 heteroatoms. The maximum atomic E-state index is 6.22. The van der Waals surface area contributed by atoms with Gasteiger partial charge in [0, 0.05) is 20.7 Å². The van der Waals surface area contributed by atoms with Crippen molar-refractivity contribution in [2.45, 2.75) is 13.2 Å². The monoisotopic (exact) mass is 421 g/mol. The molecular formula is C15H14Cl2INO. The van der Waals surface area contributed by atoms with Crippen LogP contribution in [0.15, 0.2) is 36.4 Å². The summed E-state index contributed by atoms with van der Waals surface area (Å²) in [6.07, 6.45) is 0. The minimum atomic E-state index is 0.481. The summed E-state index contributed by atoms with van der Waals surface area (Å²) in [6, 6.07) is 11.8. The number of hydrogen-bond acceptors (Lipinski definition) is 2. The summed E-state index contributed by atoms with van der Waals surface area (Å²) in [4.78, 5) is 0. The van der Waals surface area contributed by atoms with Gasteiger partial charge in [0.25, 0.3) is 0 Å². The fourth-order valence-corrected chi connectivity index (χ4v) is 2.78. The van der Waals surface area contributed by atoms with E-state index < -0.39 is 0 Å². The van der Waals surface area contributed by atoms with E-state index in [1.54, 1.807) is 6.07 Å². The average Bonchev–Trinajstić information content (AvgIpc) is 2.40. The topological polar surface area (TPSA) is 21.3 Å². The molecule has 0 atom stereocenters. The van der Waals surface area contributed by atoms with Crippen LogP contribution in [-0.4, -0.2) is 7.05 Å². The van der Waals surface area contributed by atoms with Crippen LogP contribution in [0.25, 0.3) is 0 Å². The van der Waals surface area contributed by atoms with Crippen LogP contribution in [0.2, 0.25) is 10.0 Å². The number of benzene rings is 2. The van der Waals surface area contributed by atoms with E-state index in [1.165, 1.54) is 3.57 Å². The zero-order valence-corrected chi connectivity index (χ0v) is 14.6. The lowest BCUT2D eigenvalue weighted by atomic mass is 10.2. The Hall–Kier alpha value is -0.490. The van der Waals surface area contributed by atoms with Gasteiger partial charge in [0.05, 0.1) is 5.02 Å². The van der Waals surface area contributed by atoms with Crippen LogP contribution >= 0.6 is 45.8 Å². The summed E-state index contributed by atoms with van der Waals surface area (Å²) in [5, 5.41) is 4.23. The lowest BCUT2D eigenvalue weighted by Gasteiger charge is -2.14. The molecule has 20 heavy (non-hydrogen) atoms. The molecule has 0 aliphatic heterocycles. The Labute approximate surface area is 142 Å². The van der Waals surface area contributed by atoms with Crippen molar-refractivity contribution in [2.24, 2.45) is 0 Å². The van der Waals surface area contributed by atoms with E-state index in [9.17, 15) is 0 Å². The Morgan fingerprint density at radius 2 is 1.85 bits per heavy atom. The molecule has 0 saturated heterocycles. The molecule has 0 radical (unpaired) electrons. The molecule has 0 fully saturated rings. The van der Waals surface area contributed by atoms with Crippen molar-refractivity contribution >= 4 is 45.8 Å². The van der Waals surface area contributed by atoms with Gasteiger partial charge in [-0.05, 0) is 59.5 Å². The molecule has 0 spiro atoms. The molecule has 2 nitrogen and oxygen atoms in total. The van der Waals surface area contributed by atoms with Gasteiger partial charge in [-0.3, -0.25) is 0 Å². The van der Waals surface area contributed by atoms with Crippen LogP contribution in [0.5, 0.6) is 5.75 Å². The molecule has 0 saturated carbocycles. The minimum Gasteiger partial charge on any atom is -0.487 e. The molecule has 0 aliphatic carbocycles. The third-order valence-corrected chi connectivity index (χ3v) is 3.97. The quantitative estimate of drug-likeness (QED) is 0.693. The highest BCUT2D eigenvalue weighted by Gasteiger charge is 2.10. The summed E-state index contributed by atoms with van der Waals surface area (Å²) >= 11 is 14.5. The van der Waals surface area contributed by atoms with E-state index in [0.29, 0.717) is 28.9 Å². The highest BCUT2D eigenvalue weighted by molar-refractivity contribution is 14.1. The first-order valence-corrected chi connectivity index (χ1v) is 7.93. The Kier molecular flexibility index (Phi) is 5.96. The zero-order valence-electron chi connectivity index (χ0n) is 10.9. The summed E-state index contributed by atoms with van der Waals surface area (Å²) in [7, 11) is 1.87. The predicted octanol–water partition coefficient (Wildman–Crippen LogP) is 4.90. The molecule has 0 aromatic heterocycles. The van der Waals surface area contributed by atoms with Crippen LogP contribution in [0.3, 0.4) is 0 Å². The number of ether oxygens (including phenoxy) is 1. The molecule has 0 unspecified atom stereocenters. The second-order valence-corrected chi connectivity index (χ2v) is 6.41. The molecule has 2 rings (SSSR count). The molecule has 0 bridgehead atoms. The van der Waals surface area contributed by atoms with Gasteiger partial charge in [0.2, 0.25) is 0 Å². The molecule has 2 aromatic rings. The van der Waals surface area contributed by atoms with Gasteiger partial charge >= 0.3 is 0 Å². The second kappa shape index (κ2) is 7.50. The first-order chi connectivity index (χ1) is 9.60. The van der Waals surface area contributed by atoms with Crippen molar-refractivity contribution in [2.75, 3.05) is 7.05 Å². The van der Waals surface area contributed by atoms with Crippen LogP contribution in [-0.2, 0) is 13.2 Å². The molecule has 106 valence electrons. The average molecular weight is 422 g/mol. The first kappa shape index (κ1) is 15.9. The summed E-state index contributed by atoms with van der Waals surface area (Å²) < 4.78 is 7.07. The first-order valence-electron chi connectivity index (χ1n) is 6.10. The van der Waals surface area contributed by atoms with Crippen molar-refractivity contribution in [3.05, 3.63) is 61.1 Å². The van der Waals surface area contributed by atoms with E-state index in [2.05, 4.69) is 40.0 Å². The lowest BCUT2D eigenvalue weighted by Crippen LogP contribution is -2.08. The fourth-order valence-electron chi connectivity index (χ4n) is 1.83. The van der Waals surface area contributed by atoms with Crippen molar-refractivity contribution in [3.63, 3.8) is 0 Å². The normalized spacial score (nSPS) is 10.6. The summed E-state index contributed by atoms with van der Waals surface area (Å²) in [5.74, 6) is 0.684. The van der Waals surface area contributed by atoms with Gasteiger partial charge in [0.15, 0.2) is 0 Å². The highest BCUT2D eigenvalue weighted by atomic mass is 127. The lowest BCUT2D eigenvalue weighted by molar-refractivity contribution is 0.302. The van der Waals surface area contributed by atoms with Gasteiger partial charge in [-0.2, -0.15) is 0 Å². The van der Waals surface area contributed by atoms with Crippen molar-refractivity contribution in [3.8, 4) is 5.75 Å². The summed E-state index contributed by atoms with van der Waals surface area (Å²) in [5.41, 5.74) is 2.06. The number of nitrogens with one attached hydrogen (secondary N) is 1. The third kappa shape index (κ3) is 4.25. The van der Waals surface area contributed by atoms with Crippen LogP contribution in [0, 0.1) is 3.57 Å². The molecule has 1 N–H and O–H groups in total. The van der Waals surface area contributed by atoms with E-state index in [-0.39, 0.29) is 0 Å². The van der Waals surface area contributed by atoms with Crippen LogP contribution in [0.4, 0.5) is 0 Å². The Morgan fingerprint density at radius 3 is 2.50 bits per heavy atom. The van der Waals surface area contributed by atoms with Crippen LogP contribution in [0.1, 0.15) is 11.1 Å². The summed E-state index contributed by atoms with van der Waals surface area (Å²) in [6.45, 7) is 1.14. The molecule has 0 amide bonds. The molecule has 0 aliphatic rings. The smallest absolute Gasteiger partial charge is 0.142 e. The van der Waals surface area contributed by atoms with Gasteiger partial charge < -0.3 is 10.1 Å². The second-order valence-electron chi connectivity index (χ2n) is 4.32. The fraction of sp³-hybridized carbons (Fsp3) is 0.200. The van der Waals surface area contributed by atoms with Gasteiger partial charge in [0.1, 0.15) is 12.4 Å². The largest absolute Gasteiger partial charge is 0.487 e. The van der Waals surface area contributed by atoms with E-state index in [4.69, 9.17) is 27.9 Å². The SMILES string of the molecule is CNCc1cc(Cl)cc(Cl)c1OCc1ccc(I)cc1. The van der Waals surface area contributed by atoms with Crippen LogP contribution < -0.4 is 10.1 Å². The van der Waals surface area contributed by atoms with E-state index in [0.717, 1.165) is 11.1 Å². The maximum absolute atomic E-state index is 6.22. The van der Waals surface area contributed by atoms with Gasteiger partial charge in [-0.1, -0.05) is 35.3 Å². The Balaban J connectivity index is 2.17. The molecule has 0 heterocycles. The third-order valence-electron chi connectivity index (χ3n) is 2.75. The number of hydrogen-bond donors (Lipinski definition) is 1. The van der Waals surface area contributed by atoms with Crippen molar-refractivity contribution < 1.29 is 4.74 Å². The van der Waals surface area contributed by atoms with Gasteiger partial charge in [-0.25, -0.2) is 0 Å².